The highest BCUT2D eigenvalue weighted by atomic mass is 32.1. The van der Waals surface area contributed by atoms with Crippen LogP contribution in [0.5, 0.6) is 0 Å². The molecule has 0 aliphatic rings. The highest BCUT2D eigenvalue weighted by molar-refractivity contribution is 7.16. The Bertz CT molecular complexity index is 820. The minimum absolute atomic E-state index is 0.246. The van der Waals surface area contributed by atoms with Gasteiger partial charge in [0, 0.05) is 25.0 Å². The van der Waals surface area contributed by atoms with E-state index in [0.717, 1.165) is 15.0 Å². The van der Waals surface area contributed by atoms with E-state index in [0.29, 0.717) is 5.56 Å². The summed E-state index contributed by atoms with van der Waals surface area (Å²) in [4.78, 5) is 16.5. The molecule has 2 aromatic heterocycles. The van der Waals surface area contributed by atoms with Crippen LogP contribution >= 0.6 is 11.3 Å². The SMILES string of the molecule is Cn1/c(=N\NC(=O)c2ccncc2)sc2ccccc21. The van der Waals surface area contributed by atoms with Crippen LogP contribution in [0.4, 0.5) is 0 Å². The molecule has 1 aromatic carbocycles. The second-order valence-electron chi connectivity index (χ2n) is 4.20. The topological polar surface area (TPSA) is 59.3 Å². The van der Waals surface area contributed by atoms with Gasteiger partial charge in [-0.25, -0.2) is 5.43 Å². The maximum atomic E-state index is 11.9. The number of rotatable bonds is 2. The van der Waals surface area contributed by atoms with Gasteiger partial charge in [-0.1, -0.05) is 23.5 Å². The lowest BCUT2D eigenvalue weighted by atomic mass is 10.3. The molecule has 6 heteroatoms. The van der Waals surface area contributed by atoms with E-state index in [2.05, 4.69) is 15.5 Å². The fraction of sp³-hybridized carbons (Fsp3) is 0.0714. The zero-order valence-electron chi connectivity index (χ0n) is 10.8. The van der Waals surface area contributed by atoms with Crippen LogP contribution in [0.2, 0.25) is 0 Å². The molecule has 0 aliphatic heterocycles. The molecule has 1 amide bonds. The lowest BCUT2D eigenvalue weighted by Crippen LogP contribution is -2.23. The number of amides is 1. The fourth-order valence-corrected chi connectivity index (χ4v) is 2.83. The van der Waals surface area contributed by atoms with Crippen LogP contribution in [0.25, 0.3) is 10.2 Å². The molecule has 2 heterocycles. The monoisotopic (exact) mass is 284 g/mol. The van der Waals surface area contributed by atoms with Gasteiger partial charge in [-0.05, 0) is 24.3 Å². The van der Waals surface area contributed by atoms with Gasteiger partial charge in [0.05, 0.1) is 10.2 Å². The van der Waals surface area contributed by atoms with Crippen molar-refractivity contribution in [2.75, 3.05) is 0 Å². The molecule has 0 unspecified atom stereocenters. The third-order valence-corrected chi connectivity index (χ3v) is 4.02. The van der Waals surface area contributed by atoms with Gasteiger partial charge in [0.15, 0.2) is 0 Å². The lowest BCUT2D eigenvalue weighted by molar-refractivity contribution is 0.0953. The molecule has 20 heavy (non-hydrogen) atoms. The van der Waals surface area contributed by atoms with Crippen LogP contribution in [0.1, 0.15) is 10.4 Å². The normalized spacial score (nSPS) is 11.8. The second-order valence-corrected chi connectivity index (χ2v) is 5.21. The number of carbonyl (C=O) groups is 1. The van der Waals surface area contributed by atoms with E-state index in [9.17, 15) is 4.79 Å². The minimum atomic E-state index is -0.246. The molecule has 5 nitrogen and oxygen atoms in total. The second kappa shape index (κ2) is 5.26. The molecular weight excluding hydrogens is 272 g/mol. The van der Waals surface area contributed by atoms with E-state index >= 15 is 0 Å². The number of aryl methyl sites for hydroxylation is 1. The maximum Gasteiger partial charge on any atom is 0.271 e. The summed E-state index contributed by atoms with van der Waals surface area (Å²) in [6.45, 7) is 0. The molecule has 0 saturated carbocycles. The largest absolute Gasteiger partial charge is 0.318 e. The summed E-state index contributed by atoms with van der Waals surface area (Å²) in [5, 5.41) is 4.18. The number of hydrogen-bond donors (Lipinski definition) is 1. The third-order valence-electron chi connectivity index (χ3n) is 2.91. The third kappa shape index (κ3) is 2.33. The molecular formula is C14H12N4OS. The van der Waals surface area contributed by atoms with Crippen molar-refractivity contribution in [3.05, 3.63) is 59.2 Å². The van der Waals surface area contributed by atoms with Gasteiger partial charge in [-0.2, -0.15) is 0 Å². The van der Waals surface area contributed by atoms with E-state index in [-0.39, 0.29) is 5.91 Å². The van der Waals surface area contributed by atoms with Crippen molar-refractivity contribution in [1.82, 2.24) is 15.0 Å². The zero-order valence-corrected chi connectivity index (χ0v) is 11.6. The number of thiazole rings is 1. The van der Waals surface area contributed by atoms with E-state index in [1.54, 1.807) is 24.5 Å². The van der Waals surface area contributed by atoms with Gasteiger partial charge < -0.3 is 4.57 Å². The van der Waals surface area contributed by atoms with E-state index in [1.165, 1.54) is 11.3 Å². The predicted molar refractivity (Wildman–Crippen MR) is 78.1 cm³/mol. The number of carbonyl (C=O) groups excluding carboxylic acids is 1. The first-order valence-electron chi connectivity index (χ1n) is 6.04. The molecule has 100 valence electrons. The number of nitrogens with zero attached hydrogens (tertiary/aromatic N) is 3. The number of pyridine rings is 1. The van der Waals surface area contributed by atoms with Crippen LogP contribution < -0.4 is 10.2 Å². The van der Waals surface area contributed by atoms with Gasteiger partial charge in [0.2, 0.25) is 4.80 Å². The number of para-hydroxylation sites is 1. The molecule has 0 aliphatic carbocycles. The lowest BCUT2D eigenvalue weighted by Gasteiger charge is -1.98. The van der Waals surface area contributed by atoms with Crippen molar-refractivity contribution >= 4 is 27.5 Å². The van der Waals surface area contributed by atoms with Crippen LogP contribution in [-0.4, -0.2) is 15.5 Å². The molecule has 3 aromatic rings. The average Bonchev–Trinajstić information content (AvgIpc) is 2.83. The highest BCUT2D eigenvalue weighted by Crippen LogP contribution is 2.14. The Morgan fingerprint density at radius 3 is 2.75 bits per heavy atom. The van der Waals surface area contributed by atoms with Crippen LogP contribution in [-0.2, 0) is 7.05 Å². The van der Waals surface area contributed by atoms with Crippen LogP contribution in [0.15, 0.2) is 53.9 Å². The standard InChI is InChI=1S/C14H12N4OS/c1-18-11-4-2-3-5-12(11)20-14(18)17-16-13(19)10-6-8-15-9-7-10/h2-9H,1H3,(H,16,19)/b17-14+. The molecule has 0 fully saturated rings. The van der Waals surface area contributed by atoms with Gasteiger partial charge in [0.25, 0.3) is 5.91 Å². The van der Waals surface area contributed by atoms with Crippen LogP contribution in [0, 0.1) is 0 Å². The predicted octanol–water partition coefficient (Wildman–Crippen LogP) is 1.88. The Balaban J connectivity index is 1.92. The number of hydrogen-bond acceptors (Lipinski definition) is 4. The van der Waals surface area contributed by atoms with E-state index in [4.69, 9.17) is 0 Å². The van der Waals surface area contributed by atoms with Gasteiger partial charge in [0.1, 0.15) is 0 Å². The molecule has 0 atom stereocenters. The molecule has 3 rings (SSSR count). The van der Waals surface area contributed by atoms with Gasteiger partial charge in [-0.15, -0.1) is 5.10 Å². The van der Waals surface area contributed by atoms with Crippen molar-refractivity contribution in [3.8, 4) is 0 Å². The summed E-state index contributed by atoms with van der Waals surface area (Å²) in [5.41, 5.74) is 4.19. The van der Waals surface area contributed by atoms with Crippen molar-refractivity contribution in [3.63, 3.8) is 0 Å². The summed E-state index contributed by atoms with van der Waals surface area (Å²) < 4.78 is 3.08. The molecule has 0 saturated heterocycles. The highest BCUT2D eigenvalue weighted by Gasteiger charge is 2.04. The van der Waals surface area contributed by atoms with Crippen molar-refractivity contribution in [1.29, 1.82) is 0 Å². The fourth-order valence-electron chi connectivity index (χ4n) is 1.85. The van der Waals surface area contributed by atoms with Crippen molar-refractivity contribution in [2.24, 2.45) is 12.1 Å². The summed E-state index contributed by atoms with van der Waals surface area (Å²) in [6, 6.07) is 11.3. The first kappa shape index (κ1) is 12.6. The first-order valence-corrected chi connectivity index (χ1v) is 6.86. The quantitative estimate of drug-likeness (QED) is 0.730. The Hall–Kier alpha value is -2.47. The average molecular weight is 284 g/mol. The Labute approximate surface area is 119 Å². The van der Waals surface area contributed by atoms with Gasteiger partial charge >= 0.3 is 0 Å². The summed E-state index contributed by atoms with van der Waals surface area (Å²) >= 11 is 1.53. The molecule has 0 spiro atoms. The van der Waals surface area contributed by atoms with Crippen molar-refractivity contribution < 1.29 is 4.79 Å². The minimum Gasteiger partial charge on any atom is -0.318 e. The number of nitrogens with one attached hydrogen (secondary N) is 1. The van der Waals surface area contributed by atoms with Crippen molar-refractivity contribution in [2.45, 2.75) is 0 Å². The summed E-state index contributed by atoms with van der Waals surface area (Å²) in [6.07, 6.45) is 3.16. The Morgan fingerprint density at radius 2 is 2.00 bits per heavy atom. The molecule has 1 N–H and O–H groups in total. The molecule has 0 radical (unpaired) electrons. The number of aromatic nitrogens is 2. The Morgan fingerprint density at radius 1 is 1.25 bits per heavy atom. The summed E-state index contributed by atoms with van der Waals surface area (Å²) in [5.74, 6) is -0.246. The summed E-state index contributed by atoms with van der Waals surface area (Å²) in [7, 11) is 1.93. The Kier molecular flexibility index (Phi) is 3.30. The van der Waals surface area contributed by atoms with Crippen LogP contribution in [0.3, 0.4) is 0 Å². The number of fused-ring (bicyclic) bond motifs is 1. The zero-order chi connectivity index (χ0) is 13.9. The smallest absolute Gasteiger partial charge is 0.271 e. The molecule has 0 bridgehead atoms. The van der Waals surface area contributed by atoms with E-state index < -0.39 is 0 Å². The first-order chi connectivity index (χ1) is 9.75. The maximum absolute atomic E-state index is 11.9. The number of benzene rings is 1. The van der Waals surface area contributed by atoms with E-state index in [1.807, 2.05) is 35.9 Å². The van der Waals surface area contributed by atoms with Gasteiger partial charge in [-0.3, -0.25) is 9.78 Å².